The lowest BCUT2D eigenvalue weighted by atomic mass is 10.1. The van der Waals surface area contributed by atoms with E-state index < -0.39 is 0 Å². The van der Waals surface area contributed by atoms with Crippen molar-refractivity contribution < 1.29 is 14.6 Å². The van der Waals surface area contributed by atoms with Gasteiger partial charge in [0.2, 0.25) is 0 Å². The first-order valence-corrected chi connectivity index (χ1v) is 6.67. The molecule has 19 heavy (non-hydrogen) atoms. The standard InChI is InChI=1S/C16H20O3/c1-12-5-8-16(14(10-12)4-3-9-17)18-11-15-7-6-13(2)19-15/h5,8,10,13,15,17H,6-7,9,11H2,1-2H3. The van der Waals surface area contributed by atoms with Gasteiger partial charge in [-0.1, -0.05) is 17.9 Å². The highest BCUT2D eigenvalue weighted by Crippen LogP contribution is 2.23. The number of benzene rings is 1. The van der Waals surface area contributed by atoms with Gasteiger partial charge in [0, 0.05) is 0 Å². The maximum Gasteiger partial charge on any atom is 0.135 e. The van der Waals surface area contributed by atoms with E-state index in [-0.39, 0.29) is 12.7 Å². The van der Waals surface area contributed by atoms with Crippen LogP contribution in [0.2, 0.25) is 0 Å². The van der Waals surface area contributed by atoms with Gasteiger partial charge in [-0.3, -0.25) is 0 Å². The third-order valence-corrected chi connectivity index (χ3v) is 3.18. The van der Waals surface area contributed by atoms with Crippen molar-refractivity contribution in [3.8, 4) is 17.6 Å². The molecule has 2 unspecified atom stereocenters. The zero-order valence-corrected chi connectivity index (χ0v) is 11.5. The molecule has 1 fully saturated rings. The maximum atomic E-state index is 8.79. The van der Waals surface area contributed by atoms with Crippen LogP contribution in [0.25, 0.3) is 0 Å². The van der Waals surface area contributed by atoms with Crippen LogP contribution in [0.15, 0.2) is 18.2 Å². The van der Waals surface area contributed by atoms with E-state index in [1.807, 2.05) is 25.1 Å². The highest BCUT2D eigenvalue weighted by atomic mass is 16.5. The van der Waals surface area contributed by atoms with Gasteiger partial charge in [-0.05, 0) is 44.4 Å². The molecule has 0 aliphatic carbocycles. The van der Waals surface area contributed by atoms with Crippen molar-refractivity contribution in [2.24, 2.45) is 0 Å². The molecule has 1 aliphatic rings. The molecule has 1 aromatic carbocycles. The van der Waals surface area contributed by atoms with Gasteiger partial charge in [0.1, 0.15) is 19.0 Å². The fourth-order valence-electron chi connectivity index (χ4n) is 2.19. The van der Waals surface area contributed by atoms with Crippen molar-refractivity contribution in [3.05, 3.63) is 29.3 Å². The van der Waals surface area contributed by atoms with Crippen molar-refractivity contribution in [1.82, 2.24) is 0 Å². The Morgan fingerprint density at radius 3 is 2.95 bits per heavy atom. The summed E-state index contributed by atoms with van der Waals surface area (Å²) in [7, 11) is 0. The lowest BCUT2D eigenvalue weighted by Gasteiger charge is -2.14. The summed E-state index contributed by atoms with van der Waals surface area (Å²) in [4.78, 5) is 0. The minimum Gasteiger partial charge on any atom is -0.490 e. The molecule has 102 valence electrons. The quantitative estimate of drug-likeness (QED) is 0.847. The predicted molar refractivity (Wildman–Crippen MR) is 74.2 cm³/mol. The van der Waals surface area contributed by atoms with Crippen LogP contribution in [0.4, 0.5) is 0 Å². The summed E-state index contributed by atoms with van der Waals surface area (Å²) in [6.45, 7) is 4.51. The van der Waals surface area contributed by atoms with Crippen LogP contribution in [0.5, 0.6) is 5.75 Å². The van der Waals surface area contributed by atoms with Crippen LogP contribution in [-0.4, -0.2) is 30.5 Å². The van der Waals surface area contributed by atoms with Crippen molar-refractivity contribution in [2.45, 2.75) is 38.9 Å². The Morgan fingerprint density at radius 1 is 1.42 bits per heavy atom. The lowest BCUT2D eigenvalue weighted by Crippen LogP contribution is -2.18. The number of aliphatic hydroxyl groups excluding tert-OH is 1. The Morgan fingerprint density at radius 2 is 2.26 bits per heavy atom. The average Bonchev–Trinajstić information content (AvgIpc) is 2.81. The second-order valence-electron chi connectivity index (χ2n) is 4.92. The molecule has 0 bridgehead atoms. The molecular formula is C16H20O3. The molecular weight excluding hydrogens is 240 g/mol. The van der Waals surface area contributed by atoms with Crippen LogP contribution in [-0.2, 0) is 4.74 Å². The number of hydrogen-bond donors (Lipinski definition) is 1. The SMILES string of the molecule is Cc1ccc(OCC2CCC(C)O2)c(C#CCO)c1. The van der Waals surface area contributed by atoms with Gasteiger partial charge in [0.25, 0.3) is 0 Å². The fourth-order valence-corrected chi connectivity index (χ4v) is 2.19. The third-order valence-electron chi connectivity index (χ3n) is 3.18. The van der Waals surface area contributed by atoms with E-state index in [1.165, 1.54) is 0 Å². The van der Waals surface area contributed by atoms with Crippen molar-refractivity contribution in [2.75, 3.05) is 13.2 Å². The van der Waals surface area contributed by atoms with Crippen molar-refractivity contribution >= 4 is 0 Å². The first-order valence-electron chi connectivity index (χ1n) is 6.67. The Hall–Kier alpha value is -1.50. The molecule has 0 radical (unpaired) electrons. The molecule has 2 rings (SSSR count). The molecule has 0 amide bonds. The highest BCUT2D eigenvalue weighted by Gasteiger charge is 2.22. The van der Waals surface area contributed by atoms with Gasteiger partial charge in [-0.15, -0.1) is 0 Å². The maximum absolute atomic E-state index is 8.79. The van der Waals surface area contributed by atoms with E-state index in [2.05, 4.69) is 18.8 Å². The molecule has 1 N–H and O–H groups in total. The summed E-state index contributed by atoms with van der Waals surface area (Å²) < 4.78 is 11.5. The van der Waals surface area contributed by atoms with E-state index in [1.54, 1.807) is 0 Å². The van der Waals surface area contributed by atoms with Crippen LogP contribution in [0, 0.1) is 18.8 Å². The summed E-state index contributed by atoms with van der Waals surface area (Å²) in [5.74, 6) is 6.34. The molecule has 3 heteroatoms. The van der Waals surface area contributed by atoms with E-state index in [0.29, 0.717) is 12.7 Å². The summed E-state index contributed by atoms with van der Waals surface area (Å²) in [6.07, 6.45) is 2.65. The summed E-state index contributed by atoms with van der Waals surface area (Å²) in [5.41, 5.74) is 1.94. The highest BCUT2D eigenvalue weighted by molar-refractivity contribution is 5.48. The summed E-state index contributed by atoms with van der Waals surface area (Å²) >= 11 is 0. The van der Waals surface area contributed by atoms with Crippen LogP contribution >= 0.6 is 0 Å². The molecule has 1 heterocycles. The number of ether oxygens (including phenoxy) is 2. The molecule has 0 saturated carbocycles. The first kappa shape index (κ1) is 13.9. The van der Waals surface area contributed by atoms with Gasteiger partial charge in [0.05, 0.1) is 17.8 Å². The summed E-state index contributed by atoms with van der Waals surface area (Å²) in [6, 6.07) is 5.89. The van der Waals surface area contributed by atoms with Crippen molar-refractivity contribution in [3.63, 3.8) is 0 Å². The predicted octanol–water partition coefficient (Wildman–Crippen LogP) is 2.29. The third kappa shape index (κ3) is 3.99. The minimum atomic E-state index is -0.142. The lowest BCUT2D eigenvalue weighted by molar-refractivity contribution is 0.0264. The van der Waals surface area contributed by atoms with Gasteiger partial charge in [-0.25, -0.2) is 0 Å². The fraction of sp³-hybridized carbons (Fsp3) is 0.500. The Bertz CT molecular complexity index is 485. The normalized spacial score (nSPS) is 21.8. The van der Waals surface area contributed by atoms with E-state index >= 15 is 0 Å². The van der Waals surface area contributed by atoms with Gasteiger partial charge >= 0.3 is 0 Å². The summed E-state index contributed by atoms with van der Waals surface area (Å²) in [5, 5.41) is 8.79. The zero-order chi connectivity index (χ0) is 13.7. The van der Waals surface area contributed by atoms with E-state index in [4.69, 9.17) is 14.6 Å². The van der Waals surface area contributed by atoms with E-state index in [0.717, 1.165) is 29.7 Å². The second kappa shape index (κ2) is 6.60. The number of rotatable bonds is 3. The minimum absolute atomic E-state index is 0.142. The Balaban J connectivity index is 2.02. The molecule has 2 atom stereocenters. The van der Waals surface area contributed by atoms with Gasteiger partial charge in [-0.2, -0.15) is 0 Å². The second-order valence-corrected chi connectivity index (χ2v) is 4.92. The number of aryl methyl sites for hydroxylation is 1. The Labute approximate surface area is 114 Å². The van der Waals surface area contributed by atoms with E-state index in [9.17, 15) is 0 Å². The molecule has 1 saturated heterocycles. The average molecular weight is 260 g/mol. The van der Waals surface area contributed by atoms with Crippen molar-refractivity contribution in [1.29, 1.82) is 0 Å². The van der Waals surface area contributed by atoms with Crippen LogP contribution in [0.1, 0.15) is 30.9 Å². The van der Waals surface area contributed by atoms with Gasteiger partial charge in [0.15, 0.2) is 0 Å². The van der Waals surface area contributed by atoms with Crippen LogP contribution in [0.3, 0.4) is 0 Å². The monoisotopic (exact) mass is 260 g/mol. The molecule has 1 aromatic rings. The smallest absolute Gasteiger partial charge is 0.135 e. The number of aliphatic hydroxyl groups is 1. The number of hydrogen-bond acceptors (Lipinski definition) is 3. The first-order chi connectivity index (χ1) is 9.19. The molecule has 0 spiro atoms. The zero-order valence-electron chi connectivity index (χ0n) is 11.5. The van der Waals surface area contributed by atoms with Gasteiger partial charge < -0.3 is 14.6 Å². The molecule has 3 nitrogen and oxygen atoms in total. The Kier molecular flexibility index (Phi) is 4.84. The topological polar surface area (TPSA) is 38.7 Å². The molecule has 0 aromatic heterocycles. The molecule has 1 aliphatic heterocycles. The van der Waals surface area contributed by atoms with Crippen LogP contribution < -0.4 is 4.74 Å². The largest absolute Gasteiger partial charge is 0.490 e.